The number of nitrogens with one attached hydrogen (secondary N) is 1. The van der Waals surface area contributed by atoms with E-state index in [1.165, 1.54) is 24.3 Å². The zero-order valence-corrected chi connectivity index (χ0v) is 8.86. The van der Waals surface area contributed by atoms with Crippen molar-refractivity contribution in [3.63, 3.8) is 0 Å². The SMILES string of the molecule is Cl.N=C(N)c1cccc(OCC(F)(F)F)c1. The van der Waals surface area contributed by atoms with Gasteiger partial charge in [0.25, 0.3) is 0 Å². The van der Waals surface area contributed by atoms with Gasteiger partial charge in [-0.3, -0.25) is 5.41 Å². The van der Waals surface area contributed by atoms with Crippen LogP contribution in [0.4, 0.5) is 13.2 Å². The van der Waals surface area contributed by atoms with Crippen molar-refractivity contribution in [1.82, 2.24) is 0 Å². The van der Waals surface area contributed by atoms with Gasteiger partial charge in [0.05, 0.1) is 0 Å². The molecule has 7 heteroatoms. The maximum absolute atomic E-state index is 11.8. The van der Waals surface area contributed by atoms with Crippen LogP contribution in [0, 0.1) is 5.41 Å². The highest BCUT2D eigenvalue weighted by molar-refractivity contribution is 5.95. The van der Waals surface area contributed by atoms with Crippen LogP contribution < -0.4 is 10.5 Å². The Morgan fingerprint density at radius 2 is 2.00 bits per heavy atom. The quantitative estimate of drug-likeness (QED) is 0.642. The summed E-state index contributed by atoms with van der Waals surface area (Å²) in [6.45, 7) is -1.35. The molecule has 0 aliphatic rings. The van der Waals surface area contributed by atoms with Gasteiger partial charge >= 0.3 is 6.18 Å². The Balaban J connectivity index is 0.00000225. The Hall–Kier alpha value is -1.43. The molecule has 0 aliphatic carbocycles. The number of nitrogens with two attached hydrogens (primary N) is 1. The maximum atomic E-state index is 11.8. The fraction of sp³-hybridized carbons (Fsp3) is 0.222. The molecule has 0 radical (unpaired) electrons. The number of nitrogen functional groups attached to an aromatic ring is 1. The summed E-state index contributed by atoms with van der Waals surface area (Å²) >= 11 is 0. The van der Waals surface area contributed by atoms with Gasteiger partial charge in [-0.15, -0.1) is 12.4 Å². The highest BCUT2D eigenvalue weighted by atomic mass is 35.5. The first kappa shape index (κ1) is 14.6. The molecule has 90 valence electrons. The minimum Gasteiger partial charge on any atom is -0.484 e. The van der Waals surface area contributed by atoms with Crippen LogP contribution >= 0.6 is 12.4 Å². The molecule has 0 bridgehead atoms. The Morgan fingerprint density at radius 3 is 2.50 bits per heavy atom. The molecule has 0 saturated carbocycles. The first-order valence-corrected chi connectivity index (χ1v) is 4.02. The molecule has 1 aromatic carbocycles. The van der Waals surface area contributed by atoms with Crippen molar-refractivity contribution in [2.45, 2.75) is 6.18 Å². The van der Waals surface area contributed by atoms with Crippen LogP contribution in [0.5, 0.6) is 5.75 Å². The second kappa shape index (κ2) is 5.60. The zero-order valence-electron chi connectivity index (χ0n) is 8.04. The predicted octanol–water partition coefficient (Wildman–Crippen LogP) is 2.33. The fourth-order valence-corrected chi connectivity index (χ4v) is 0.919. The van der Waals surface area contributed by atoms with Gasteiger partial charge in [0.2, 0.25) is 0 Å². The number of amidine groups is 1. The molecule has 16 heavy (non-hydrogen) atoms. The van der Waals surface area contributed by atoms with E-state index in [0.29, 0.717) is 5.56 Å². The summed E-state index contributed by atoms with van der Waals surface area (Å²) in [5, 5.41) is 7.09. The van der Waals surface area contributed by atoms with Crippen LogP contribution in [-0.4, -0.2) is 18.6 Å². The summed E-state index contributed by atoms with van der Waals surface area (Å²) in [5.74, 6) is -0.174. The molecule has 0 saturated heterocycles. The zero-order chi connectivity index (χ0) is 11.5. The molecule has 1 aromatic rings. The Kier molecular flexibility index (Phi) is 5.10. The Bertz CT molecular complexity index is 368. The minimum absolute atomic E-state index is 0. The molecule has 0 unspecified atom stereocenters. The first-order valence-electron chi connectivity index (χ1n) is 4.02. The summed E-state index contributed by atoms with van der Waals surface area (Å²) in [6.07, 6.45) is -4.37. The van der Waals surface area contributed by atoms with E-state index < -0.39 is 12.8 Å². The second-order valence-electron chi connectivity index (χ2n) is 2.85. The molecule has 0 fully saturated rings. The van der Waals surface area contributed by atoms with E-state index in [1.54, 1.807) is 0 Å². The number of hydrogen-bond acceptors (Lipinski definition) is 2. The molecule has 0 heterocycles. The van der Waals surface area contributed by atoms with Gasteiger partial charge in [0.1, 0.15) is 11.6 Å². The molecule has 0 aliphatic heterocycles. The third-order valence-corrected chi connectivity index (χ3v) is 1.55. The van der Waals surface area contributed by atoms with Gasteiger partial charge in [-0.25, -0.2) is 0 Å². The number of ether oxygens (including phenoxy) is 1. The fourth-order valence-electron chi connectivity index (χ4n) is 0.919. The van der Waals surface area contributed by atoms with Crippen LogP contribution in [0.25, 0.3) is 0 Å². The first-order chi connectivity index (χ1) is 6.88. The monoisotopic (exact) mass is 254 g/mol. The third-order valence-electron chi connectivity index (χ3n) is 1.55. The molecular weight excluding hydrogens is 245 g/mol. The lowest BCUT2D eigenvalue weighted by molar-refractivity contribution is -0.153. The highest BCUT2D eigenvalue weighted by Crippen LogP contribution is 2.19. The predicted molar refractivity (Wildman–Crippen MR) is 56.3 cm³/mol. The van der Waals surface area contributed by atoms with E-state index in [1.807, 2.05) is 0 Å². The molecule has 3 N–H and O–H groups in total. The van der Waals surface area contributed by atoms with Crippen molar-refractivity contribution in [2.24, 2.45) is 5.73 Å². The average Bonchev–Trinajstić information content (AvgIpc) is 2.14. The number of halogens is 4. The smallest absolute Gasteiger partial charge is 0.422 e. The van der Waals surface area contributed by atoms with Crippen LogP contribution in [0.15, 0.2) is 24.3 Å². The summed E-state index contributed by atoms with van der Waals surface area (Å²) < 4.78 is 39.9. The van der Waals surface area contributed by atoms with E-state index in [9.17, 15) is 13.2 Å². The van der Waals surface area contributed by atoms with E-state index in [-0.39, 0.29) is 24.0 Å². The average molecular weight is 255 g/mol. The molecule has 0 amide bonds. The largest absolute Gasteiger partial charge is 0.484 e. The van der Waals surface area contributed by atoms with Gasteiger partial charge in [0, 0.05) is 5.56 Å². The Morgan fingerprint density at radius 1 is 1.38 bits per heavy atom. The van der Waals surface area contributed by atoms with E-state index in [2.05, 4.69) is 4.74 Å². The van der Waals surface area contributed by atoms with Gasteiger partial charge in [0.15, 0.2) is 6.61 Å². The van der Waals surface area contributed by atoms with Gasteiger partial charge < -0.3 is 10.5 Å². The molecular formula is C9H10ClF3N2O. The molecule has 0 aromatic heterocycles. The second-order valence-corrected chi connectivity index (χ2v) is 2.85. The van der Waals surface area contributed by atoms with E-state index >= 15 is 0 Å². The highest BCUT2D eigenvalue weighted by Gasteiger charge is 2.28. The van der Waals surface area contributed by atoms with Crippen LogP contribution in [0.2, 0.25) is 0 Å². The van der Waals surface area contributed by atoms with Crippen molar-refractivity contribution in [1.29, 1.82) is 5.41 Å². The molecule has 0 spiro atoms. The maximum Gasteiger partial charge on any atom is 0.422 e. The number of alkyl halides is 3. The van der Waals surface area contributed by atoms with E-state index in [4.69, 9.17) is 11.1 Å². The van der Waals surface area contributed by atoms with Crippen molar-refractivity contribution >= 4 is 18.2 Å². The number of rotatable bonds is 3. The summed E-state index contributed by atoms with van der Waals surface area (Å²) in [7, 11) is 0. The standard InChI is InChI=1S/C9H9F3N2O.ClH/c10-9(11,12)5-15-7-3-1-2-6(4-7)8(13)14;/h1-4H,5H2,(H3,13,14);1H. The van der Waals surface area contributed by atoms with Crippen LogP contribution in [-0.2, 0) is 0 Å². The number of hydrogen-bond donors (Lipinski definition) is 2. The Labute approximate surface area is 96.3 Å². The topological polar surface area (TPSA) is 59.1 Å². The summed E-state index contributed by atoms with van der Waals surface area (Å²) in [6, 6.07) is 5.65. The number of benzene rings is 1. The minimum atomic E-state index is -4.37. The van der Waals surface area contributed by atoms with Crippen molar-refractivity contribution in [2.75, 3.05) is 6.61 Å². The molecule has 3 nitrogen and oxygen atoms in total. The van der Waals surface area contributed by atoms with Crippen molar-refractivity contribution in [3.8, 4) is 5.75 Å². The van der Waals surface area contributed by atoms with Gasteiger partial charge in [-0.2, -0.15) is 13.2 Å². The molecule has 1 rings (SSSR count). The van der Waals surface area contributed by atoms with Crippen LogP contribution in [0.1, 0.15) is 5.56 Å². The molecule has 0 atom stereocenters. The lowest BCUT2D eigenvalue weighted by atomic mass is 10.2. The van der Waals surface area contributed by atoms with Crippen LogP contribution in [0.3, 0.4) is 0 Å². The van der Waals surface area contributed by atoms with Gasteiger partial charge in [-0.1, -0.05) is 12.1 Å². The van der Waals surface area contributed by atoms with Gasteiger partial charge in [-0.05, 0) is 12.1 Å². The van der Waals surface area contributed by atoms with Crippen molar-refractivity contribution < 1.29 is 17.9 Å². The van der Waals surface area contributed by atoms with E-state index in [0.717, 1.165) is 0 Å². The summed E-state index contributed by atoms with van der Waals surface area (Å²) in [5.41, 5.74) is 5.50. The summed E-state index contributed by atoms with van der Waals surface area (Å²) in [4.78, 5) is 0. The third kappa shape index (κ3) is 4.88. The lowest BCUT2D eigenvalue weighted by Gasteiger charge is -2.09. The normalized spacial score (nSPS) is 10.4. The van der Waals surface area contributed by atoms with Crippen molar-refractivity contribution in [3.05, 3.63) is 29.8 Å². The lowest BCUT2D eigenvalue weighted by Crippen LogP contribution is -2.19.